The molecule has 2 aromatic rings. The van der Waals surface area contributed by atoms with Gasteiger partial charge in [0.1, 0.15) is 29.0 Å². The number of fused-ring (bicyclic) bond motifs is 1. The summed E-state index contributed by atoms with van der Waals surface area (Å²) >= 11 is 1.31. The van der Waals surface area contributed by atoms with Crippen LogP contribution in [0.5, 0.6) is 0 Å². The molecule has 1 aromatic heterocycles. The van der Waals surface area contributed by atoms with Crippen molar-refractivity contribution in [2.24, 2.45) is 5.73 Å². The molecule has 1 aromatic carbocycles. The number of amides is 1. The van der Waals surface area contributed by atoms with Crippen molar-refractivity contribution in [3.05, 3.63) is 52.0 Å². The molecule has 2 saturated heterocycles. The fourth-order valence-electron chi connectivity index (χ4n) is 3.16. The normalized spacial score (nSPS) is 29.6. The molecule has 0 radical (unpaired) electrons. The molecule has 138 valence electrons. The second-order valence-electron chi connectivity index (χ2n) is 6.72. The second-order valence-corrected chi connectivity index (χ2v) is 7.61. The highest BCUT2D eigenvalue weighted by molar-refractivity contribution is 7.09. The fraction of sp³-hybridized carbons (Fsp3) is 0.444. The predicted molar refractivity (Wildman–Crippen MR) is 93.3 cm³/mol. The highest BCUT2D eigenvalue weighted by Gasteiger charge is 2.56. The number of nitrogens with zero attached hydrogens (tertiary/aromatic N) is 1. The van der Waals surface area contributed by atoms with Crippen molar-refractivity contribution in [2.75, 3.05) is 0 Å². The maximum absolute atomic E-state index is 11.3. The lowest BCUT2D eigenvalue weighted by molar-refractivity contribution is -0.220. The Labute approximate surface area is 155 Å². The van der Waals surface area contributed by atoms with E-state index in [1.54, 1.807) is 5.38 Å². The van der Waals surface area contributed by atoms with Crippen molar-refractivity contribution >= 4 is 17.2 Å². The molecule has 26 heavy (non-hydrogen) atoms. The molecule has 1 amide bonds. The number of hydrogen-bond donors (Lipinski definition) is 1. The quantitative estimate of drug-likeness (QED) is 0.861. The fourth-order valence-corrected chi connectivity index (χ4v) is 4.03. The van der Waals surface area contributed by atoms with Gasteiger partial charge in [0, 0.05) is 5.38 Å². The van der Waals surface area contributed by atoms with Gasteiger partial charge in [-0.2, -0.15) is 0 Å². The van der Waals surface area contributed by atoms with E-state index in [9.17, 15) is 4.79 Å². The maximum atomic E-state index is 11.3. The van der Waals surface area contributed by atoms with Gasteiger partial charge in [0.15, 0.2) is 12.1 Å². The van der Waals surface area contributed by atoms with E-state index in [1.807, 2.05) is 44.2 Å². The van der Waals surface area contributed by atoms with Crippen LogP contribution in [-0.2, 0) is 25.6 Å². The molecule has 0 unspecified atom stereocenters. The van der Waals surface area contributed by atoms with Crippen molar-refractivity contribution in [3.8, 4) is 0 Å². The van der Waals surface area contributed by atoms with Crippen LogP contribution in [0.25, 0.3) is 0 Å². The van der Waals surface area contributed by atoms with E-state index < -0.39 is 30.2 Å². The molecule has 2 aliphatic heterocycles. The van der Waals surface area contributed by atoms with Crippen LogP contribution in [0.4, 0.5) is 0 Å². The molecule has 8 heteroatoms. The van der Waals surface area contributed by atoms with Crippen molar-refractivity contribution in [1.29, 1.82) is 0 Å². The lowest BCUT2D eigenvalue weighted by atomic mass is 10.1. The van der Waals surface area contributed by atoms with Crippen LogP contribution in [0.1, 0.15) is 41.0 Å². The summed E-state index contributed by atoms with van der Waals surface area (Å²) in [6.07, 6.45) is -1.81. The third-order valence-corrected chi connectivity index (χ3v) is 5.20. The molecular formula is C18H20N2O5S. The molecule has 2 aliphatic rings. The molecule has 3 heterocycles. The molecule has 2 fully saturated rings. The van der Waals surface area contributed by atoms with Crippen molar-refractivity contribution < 1.29 is 23.7 Å². The first-order valence-electron chi connectivity index (χ1n) is 8.35. The largest absolute Gasteiger partial charge is 0.367 e. The van der Waals surface area contributed by atoms with Gasteiger partial charge in [0.2, 0.25) is 0 Å². The molecule has 4 rings (SSSR count). The van der Waals surface area contributed by atoms with Crippen molar-refractivity contribution in [2.45, 2.75) is 50.8 Å². The van der Waals surface area contributed by atoms with Crippen molar-refractivity contribution in [1.82, 2.24) is 4.98 Å². The zero-order valence-corrected chi connectivity index (χ0v) is 15.3. The first-order chi connectivity index (χ1) is 12.4. The van der Waals surface area contributed by atoms with Gasteiger partial charge in [-0.1, -0.05) is 30.3 Å². The van der Waals surface area contributed by atoms with Gasteiger partial charge in [-0.15, -0.1) is 11.3 Å². The summed E-state index contributed by atoms with van der Waals surface area (Å²) < 4.78 is 24.0. The Morgan fingerprint density at radius 2 is 2.08 bits per heavy atom. The van der Waals surface area contributed by atoms with Gasteiger partial charge in [-0.3, -0.25) is 4.79 Å². The van der Waals surface area contributed by atoms with Crippen molar-refractivity contribution in [3.63, 3.8) is 0 Å². The molecule has 0 saturated carbocycles. The maximum Gasteiger partial charge on any atom is 0.268 e. The molecule has 0 spiro atoms. The van der Waals surface area contributed by atoms with Gasteiger partial charge in [-0.25, -0.2) is 4.98 Å². The minimum atomic E-state index is -0.740. The summed E-state index contributed by atoms with van der Waals surface area (Å²) in [5.74, 6) is -1.31. The number of rotatable bonds is 5. The van der Waals surface area contributed by atoms with Crippen LogP contribution in [0.15, 0.2) is 35.7 Å². The Hall–Kier alpha value is -1.84. The number of hydrogen-bond acceptors (Lipinski definition) is 7. The molecule has 0 bridgehead atoms. The van der Waals surface area contributed by atoms with Crippen LogP contribution in [0, 0.1) is 0 Å². The topological polar surface area (TPSA) is 92.9 Å². The third-order valence-electron chi connectivity index (χ3n) is 4.29. The summed E-state index contributed by atoms with van der Waals surface area (Å²) in [6, 6.07) is 9.86. The number of primary amides is 1. The van der Waals surface area contributed by atoms with E-state index in [4.69, 9.17) is 24.7 Å². The summed E-state index contributed by atoms with van der Waals surface area (Å²) in [7, 11) is 0. The van der Waals surface area contributed by atoms with E-state index >= 15 is 0 Å². The van der Waals surface area contributed by atoms with Gasteiger partial charge in [0.05, 0.1) is 6.61 Å². The highest BCUT2D eigenvalue weighted by atomic mass is 32.1. The number of benzene rings is 1. The summed E-state index contributed by atoms with van der Waals surface area (Å²) in [6.45, 7) is 4.09. The number of nitrogens with two attached hydrogens (primary N) is 1. The average Bonchev–Trinajstić information content (AvgIpc) is 3.26. The first kappa shape index (κ1) is 17.6. The van der Waals surface area contributed by atoms with E-state index in [0.29, 0.717) is 11.6 Å². The Balaban J connectivity index is 1.56. The number of thiazole rings is 1. The summed E-state index contributed by atoms with van der Waals surface area (Å²) in [5, 5.41) is 2.24. The number of aromatic nitrogens is 1. The van der Waals surface area contributed by atoms with E-state index in [-0.39, 0.29) is 11.8 Å². The summed E-state index contributed by atoms with van der Waals surface area (Å²) in [5.41, 5.74) is 6.57. The van der Waals surface area contributed by atoms with E-state index in [2.05, 4.69) is 4.98 Å². The van der Waals surface area contributed by atoms with Gasteiger partial charge < -0.3 is 24.7 Å². The van der Waals surface area contributed by atoms with E-state index in [0.717, 1.165) is 5.56 Å². The summed E-state index contributed by atoms with van der Waals surface area (Å²) in [4.78, 5) is 15.6. The number of carbonyl (C=O) groups is 1. The minimum Gasteiger partial charge on any atom is -0.367 e. The highest BCUT2D eigenvalue weighted by Crippen LogP contribution is 2.45. The van der Waals surface area contributed by atoms with Crippen LogP contribution in [0.2, 0.25) is 0 Å². The van der Waals surface area contributed by atoms with Crippen LogP contribution in [-0.4, -0.2) is 35.2 Å². The lowest BCUT2D eigenvalue weighted by Gasteiger charge is -2.25. The number of carbonyl (C=O) groups excluding carboxylic acids is 1. The Bertz CT molecular complexity index is 794. The minimum absolute atomic E-state index is 0.217. The average molecular weight is 376 g/mol. The van der Waals surface area contributed by atoms with Crippen LogP contribution in [0.3, 0.4) is 0 Å². The predicted octanol–water partition coefficient (Wildman–Crippen LogP) is 2.38. The van der Waals surface area contributed by atoms with E-state index in [1.165, 1.54) is 11.3 Å². The molecule has 0 aliphatic carbocycles. The Kier molecular flexibility index (Phi) is 4.54. The molecule has 7 nitrogen and oxygen atoms in total. The lowest BCUT2D eigenvalue weighted by Crippen LogP contribution is -2.33. The zero-order chi connectivity index (χ0) is 18.3. The standard InChI is InChI=1S/C18H20N2O5S/c1-18(2)24-14-12(22-8-10-6-4-3-5-7-10)13(23-17(14)25-18)16-20-11(9-26-16)15(19)21/h3-7,9,12-14,17H,8H2,1-2H3,(H2,19,21)/t12-,13-,14-,17-/m1/s1. The van der Waals surface area contributed by atoms with Gasteiger partial charge >= 0.3 is 0 Å². The van der Waals surface area contributed by atoms with Crippen LogP contribution >= 0.6 is 11.3 Å². The first-order valence-corrected chi connectivity index (χ1v) is 9.23. The molecular weight excluding hydrogens is 356 g/mol. The Morgan fingerprint density at radius 1 is 1.31 bits per heavy atom. The van der Waals surface area contributed by atoms with Gasteiger partial charge in [0.25, 0.3) is 5.91 Å². The monoisotopic (exact) mass is 376 g/mol. The van der Waals surface area contributed by atoms with Crippen LogP contribution < -0.4 is 5.73 Å². The number of ether oxygens (including phenoxy) is 4. The third kappa shape index (κ3) is 3.38. The smallest absolute Gasteiger partial charge is 0.268 e. The zero-order valence-electron chi connectivity index (χ0n) is 14.5. The second kappa shape index (κ2) is 6.71. The molecule has 4 atom stereocenters. The SMILES string of the molecule is CC1(C)O[C@H]2O[C@@H](c3nc(C(N)=O)cs3)[C@@H](OCc3ccccc3)[C@H]2O1. The molecule has 2 N–H and O–H groups in total. The Morgan fingerprint density at radius 3 is 2.77 bits per heavy atom. The van der Waals surface area contributed by atoms with Gasteiger partial charge in [-0.05, 0) is 19.4 Å².